The molecule has 0 fully saturated rings. The molecule has 0 aliphatic carbocycles. The largest absolute Gasteiger partial charge is 0.460 e. The SMILES string of the molecule is CCCCCC(=O)OC(C)C(O)C(O)O. The highest BCUT2D eigenvalue weighted by Gasteiger charge is 2.23. The molecule has 0 aromatic rings. The molecule has 2 unspecified atom stereocenters. The molecule has 0 aromatic carbocycles. The Kier molecular flexibility index (Phi) is 7.29. The van der Waals surface area contributed by atoms with Crippen molar-refractivity contribution >= 4 is 5.97 Å². The van der Waals surface area contributed by atoms with Gasteiger partial charge >= 0.3 is 5.97 Å². The topological polar surface area (TPSA) is 87.0 Å². The van der Waals surface area contributed by atoms with Gasteiger partial charge in [0.25, 0.3) is 0 Å². The van der Waals surface area contributed by atoms with E-state index in [4.69, 9.17) is 20.1 Å². The number of rotatable bonds is 7. The number of hydrogen-bond acceptors (Lipinski definition) is 5. The van der Waals surface area contributed by atoms with Gasteiger partial charge in [0.2, 0.25) is 0 Å². The van der Waals surface area contributed by atoms with Crippen LogP contribution in [0.25, 0.3) is 0 Å². The van der Waals surface area contributed by atoms with Crippen LogP contribution in [-0.4, -0.2) is 39.8 Å². The number of unbranched alkanes of at least 4 members (excludes halogenated alkanes) is 2. The Morgan fingerprint density at radius 3 is 2.33 bits per heavy atom. The highest BCUT2D eigenvalue weighted by Crippen LogP contribution is 2.06. The highest BCUT2D eigenvalue weighted by atomic mass is 16.6. The molecule has 5 nitrogen and oxygen atoms in total. The first-order valence-electron chi connectivity index (χ1n) is 5.22. The van der Waals surface area contributed by atoms with E-state index in [1.165, 1.54) is 6.92 Å². The molecule has 90 valence electrons. The van der Waals surface area contributed by atoms with Crippen LogP contribution in [0.5, 0.6) is 0 Å². The van der Waals surface area contributed by atoms with Crippen LogP contribution in [0, 0.1) is 0 Å². The Balaban J connectivity index is 3.75. The molecule has 0 aliphatic heterocycles. The molecule has 0 saturated carbocycles. The normalized spacial score (nSPS) is 15.1. The second kappa shape index (κ2) is 7.62. The Bertz CT molecular complexity index is 181. The maximum Gasteiger partial charge on any atom is 0.306 e. The van der Waals surface area contributed by atoms with Crippen molar-refractivity contribution in [3.8, 4) is 0 Å². The lowest BCUT2D eigenvalue weighted by Gasteiger charge is -2.20. The minimum Gasteiger partial charge on any atom is -0.460 e. The predicted octanol–water partition coefficient (Wildman–Crippen LogP) is 0.170. The van der Waals surface area contributed by atoms with E-state index in [0.29, 0.717) is 6.42 Å². The molecule has 0 rings (SSSR count). The van der Waals surface area contributed by atoms with Crippen molar-refractivity contribution < 1.29 is 24.9 Å². The zero-order chi connectivity index (χ0) is 11.8. The Morgan fingerprint density at radius 2 is 1.87 bits per heavy atom. The quantitative estimate of drug-likeness (QED) is 0.323. The number of aliphatic hydroxyl groups is 3. The van der Waals surface area contributed by atoms with Crippen LogP contribution in [0.1, 0.15) is 39.5 Å². The second-order valence-corrected chi connectivity index (χ2v) is 3.56. The fourth-order valence-corrected chi connectivity index (χ4v) is 1.10. The van der Waals surface area contributed by atoms with E-state index >= 15 is 0 Å². The van der Waals surface area contributed by atoms with Gasteiger partial charge in [-0.3, -0.25) is 4.79 Å². The van der Waals surface area contributed by atoms with Gasteiger partial charge in [-0.15, -0.1) is 0 Å². The summed E-state index contributed by atoms with van der Waals surface area (Å²) in [7, 11) is 0. The van der Waals surface area contributed by atoms with Crippen LogP contribution in [0.2, 0.25) is 0 Å². The van der Waals surface area contributed by atoms with Crippen LogP contribution in [-0.2, 0) is 9.53 Å². The molecule has 0 aromatic heterocycles. The summed E-state index contributed by atoms with van der Waals surface area (Å²) in [4.78, 5) is 11.2. The molecule has 0 amide bonds. The van der Waals surface area contributed by atoms with Gasteiger partial charge in [0.05, 0.1) is 0 Å². The minimum atomic E-state index is -1.89. The lowest BCUT2D eigenvalue weighted by atomic mass is 10.2. The standard InChI is InChI=1S/C10H20O5/c1-3-4-5-6-8(11)15-7(2)9(12)10(13)14/h7,9-10,12-14H,3-6H2,1-2H3. The molecule has 0 heterocycles. The number of hydrogen-bond donors (Lipinski definition) is 3. The first-order chi connectivity index (χ1) is 6.99. The highest BCUT2D eigenvalue weighted by molar-refractivity contribution is 5.69. The van der Waals surface area contributed by atoms with Crippen molar-refractivity contribution in [2.45, 2.75) is 58.0 Å². The molecule has 0 radical (unpaired) electrons. The van der Waals surface area contributed by atoms with Crippen molar-refractivity contribution in [3.05, 3.63) is 0 Å². The van der Waals surface area contributed by atoms with Crippen LogP contribution in [0.3, 0.4) is 0 Å². The first-order valence-corrected chi connectivity index (χ1v) is 5.22. The number of ether oxygens (including phenoxy) is 1. The van der Waals surface area contributed by atoms with Crippen LogP contribution >= 0.6 is 0 Å². The number of carbonyl (C=O) groups is 1. The van der Waals surface area contributed by atoms with Crippen LogP contribution < -0.4 is 0 Å². The molecule has 0 aliphatic rings. The van der Waals surface area contributed by atoms with Crippen molar-refractivity contribution in [2.24, 2.45) is 0 Å². The molecule has 5 heteroatoms. The molecule has 2 atom stereocenters. The second-order valence-electron chi connectivity index (χ2n) is 3.56. The van der Waals surface area contributed by atoms with E-state index in [9.17, 15) is 4.79 Å². The Morgan fingerprint density at radius 1 is 1.27 bits per heavy atom. The average molecular weight is 220 g/mol. The van der Waals surface area contributed by atoms with Gasteiger partial charge in [-0.05, 0) is 13.3 Å². The van der Waals surface area contributed by atoms with Gasteiger partial charge in [-0.25, -0.2) is 0 Å². The summed E-state index contributed by atoms with van der Waals surface area (Å²) in [5, 5.41) is 26.4. The summed E-state index contributed by atoms with van der Waals surface area (Å²) in [6, 6.07) is 0. The Labute approximate surface area is 89.7 Å². The summed E-state index contributed by atoms with van der Waals surface area (Å²) >= 11 is 0. The zero-order valence-electron chi connectivity index (χ0n) is 9.22. The fraction of sp³-hybridized carbons (Fsp3) is 0.900. The van der Waals surface area contributed by atoms with E-state index in [1.54, 1.807) is 0 Å². The van der Waals surface area contributed by atoms with Crippen molar-refractivity contribution in [2.75, 3.05) is 0 Å². The molecule has 0 spiro atoms. The summed E-state index contributed by atoms with van der Waals surface area (Å²) in [5.74, 6) is -0.421. The molecule has 0 bridgehead atoms. The maximum absolute atomic E-state index is 11.2. The summed E-state index contributed by atoms with van der Waals surface area (Å²) in [5.41, 5.74) is 0. The van der Waals surface area contributed by atoms with E-state index in [2.05, 4.69) is 0 Å². The first kappa shape index (κ1) is 14.3. The molecular weight excluding hydrogens is 200 g/mol. The minimum absolute atomic E-state index is 0.298. The van der Waals surface area contributed by atoms with E-state index in [0.717, 1.165) is 19.3 Å². The number of aliphatic hydroxyl groups excluding tert-OH is 2. The van der Waals surface area contributed by atoms with Gasteiger partial charge in [0, 0.05) is 6.42 Å². The van der Waals surface area contributed by atoms with Gasteiger partial charge < -0.3 is 20.1 Å². The predicted molar refractivity (Wildman–Crippen MR) is 53.9 cm³/mol. The van der Waals surface area contributed by atoms with E-state index in [-0.39, 0.29) is 0 Å². The van der Waals surface area contributed by atoms with Crippen LogP contribution in [0.15, 0.2) is 0 Å². The summed E-state index contributed by atoms with van der Waals surface area (Å²) in [6.07, 6.45) is -1.23. The summed E-state index contributed by atoms with van der Waals surface area (Å²) in [6.45, 7) is 3.45. The zero-order valence-corrected chi connectivity index (χ0v) is 9.22. The van der Waals surface area contributed by atoms with Gasteiger partial charge in [0.1, 0.15) is 12.2 Å². The Hall–Kier alpha value is -0.650. The smallest absolute Gasteiger partial charge is 0.306 e. The third-order valence-corrected chi connectivity index (χ3v) is 2.09. The van der Waals surface area contributed by atoms with Gasteiger partial charge in [-0.1, -0.05) is 19.8 Å². The molecule has 15 heavy (non-hydrogen) atoms. The fourth-order valence-electron chi connectivity index (χ4n) is 1.10. The average Bonchev–Trinajstić information content (AvgIpc) is 2.16. The van der Waals surface area contributed by atoms with Crippen molar-refractivity contribution in [1.29, 1.82) is 0 Å². The van der Waals surface area contributed by atoms with Crippen molar-refractivity contribution in [3.63, 3.8) is 0 Å². The number of esters is 1. The lowest BCUT2D eigenvalue weighted by molar-refractivity contribution is -0.179. The van der Waals surface area contributed by atoms with E-state index < -0.39 is 24.5 Å². The molecular formula is C10H20O5. The third kappa shape index (κ3) is 6.43. The van der Waals surface area contributed by atoms with E-state index in [1.807, 2.05) is 6.92 Å². The van der Waals surface area contributed by atoms with Gasteiger partial charge in [0.15, 0.2) is 6.29 Å². The lowest BCUT2D eigenvalue weighted by Crippen LogP contribution is -2.38. The summed E-state index contributed by atoms with van der Waals surface area (Å²) < 4.78 is 4.81. The van der Waals surface area contributed by atoms with Gasteiger partial charge in [-0.2, -0.15) is 0 Å². The maximum atomic E-state index is 11.2. The van der Waals surface area contributed by atoms with Crippen LogP contribution in [0.4, 0.5) is 0 Å². The third-order valence-electron chi connectivity index (χ3n) is 2.09. The molecule has 0 saturated heterocycles. The van der Waals surface area contributed by atoms with Crippen molar-refractivity contribution in [1.82, 2.24) is 0 Å². The molecule has 3 N–H and O–H groups in total. The number of carbonyl (C=O) groups excluding carboxylic acids is 1. The monoisotopic (exact) mass is 220 g/mol.